The molecule has 5 rings (SSSR count). The van der Waals surface area contributed by atoms with E-state index >= 15 is 0 Å². The Labute approximate surface area is 169 Å². The van der Waals surface area contributed by atoms with Gasteiger partial charge < -0.3 is 19.8 Å². The second-order valence-corrected chi connectivity index (χ2v) is 8.17. The number of likely N-dealkylation sites (tertiary alicyclic amines) is 2. The topological polar surface area (TPSA) is 81.9 Å². The molecule has 5 heterocycles. The number of H-pyrrole nitrogens is 1. The van der Waals surface area contributed by atoms with E-state index in [1.807, 2.05) is 47.7 Å². The van der Waals surface area contributed by atoms with E-state index in [0.29, 0.717) is 5.92 Å². The van der Waals surface area contributed by atoms with Gasteiger partial charge in [0.05, 0.1) is 23.4 Å². The first-order valence-electron chi connectivity index (χ1n) is 10.5. The summed E-state index contributed by atoms with van der Waals surface area (Å²) < 4.78 is 2.19. The number of hydrogen-bond donors (Lipinski definition) is 1. The van der Waals surface area contributed by atoms with E-state index in [1.54, 1.807) is 0 Å². The Bertz CT molecular complexity index is 1050. The summed E-state index contributed by atoms with van der Waals surface area (Å²) in [5.74, 6) is 1.64. The molecule has 29 heavy (non-hydrogen) atoms. The minimum absolute atomic E-state index is 0.165. The zero-order chi connectivity index (χ0) is 19.8. The molecule has 0 aromatic carbocycles. The maximum atomic E-state index is 13.2. The highest BCUT2D eigenvalue weighted by atomic mass is 16.2. The third kappa shape index (κ3) is 3.26. The molecular weight excluding hydrogens is 366 g/mol. The van der Waals surface area contributed by atoms with Crippen LogP contribution in [0.25, 0.3) is 16.7 Å². The second kappa shape index (κ2) is 7.50. The summed E-state index contributed by atoms with van der Waals surface area (Å²) in [6.45, 7) is 3.16. The third-order valence-electron chi connectivity index (χ3n) is 6.23. The Morgan fingerprint density at radius 1 is 1.17 bits per heavy atom. The van der Waals surface area contributed by atoms with Gasteiger partial charge in [0.25, 0.3) is 0 Å². The van der Waals surface area contributed by atoms with Crippen molar-refractivity contribution in [1.29, 1.82) is 0 Å². The van der Waals surface area contributed by atoms with Crippen LogP contribution in [0.1, 0.15) is 37.4 Å². The number of fused-ring (bicyclic) bond motifs is 3. The van der Waals surface area contributed by atoms with Crippen LogP contribution in [0.3, 0.4) is 0 Å². The number of nitrogens with zero attached hydrogens (tertiary/aromatic N) is 6. The third-order valence-corrected chi connectivity index (χ3v) is 6.23. The van der Waals surface area contributed by atoms with Gasteiger partial charge in [-0.1, -0.05) is 0 Å². The maximum Gasteiger partial charge on any atom is 0.320 e. The van der Waals surface area contributed by atoms with E-state index < -0.39 is 0 Å². The van der Waals surface area contributed by atoms with E-state index in [-0.39, 0.29) is 11.9 Å². The van der Waals surface area contributed by atoms with Gasteiger partial charge in [0.1, 0.15) is 5.82 Å². The number of carbonyl (C=O) groups excluding carboxylic acids is 1. The Morgan fingerprint density at radius 2 is 1.97 bits per heavy atom. The first kappa shape index (κ1) is 18.1. The number of piperidine rings is 2. The predicted molar refractivity (Wildman–Crippen MR) is 113 cm³/mol. The van der Waals surface area contributed by atoms with Crippen LogP contribution >= 0.6 is 0 Å². The lowest BCUT2D eigenvalue weighted by Gasteiger charge is -2.38. The minimum atomic E-state index is 0.165. The molecule has 2 fully saturated rings. The number of carbonyl (C=O) groups is 1. The molecule has 0 bridgehead atoms. The number of aliphatic imine (C=N–C) groups is 1. The Kier molecular flexibility index (Phi) is 4.69. The van der Waals surface area contributed by atoms with Crippen molar-refractivity contribution in [3.05, 3.63) is 30.5 Å². The van der Waals surface area contributed by atoms with Crippen molar-refractivity contribution >= 4 is 28.9 Å². The van der Waals surface area contributed by atoms with Crippen LogP contribution in [0.2, 0.25) is 0 Å². The van der Waals surface area contributed by atoms with Crippen molar-refractivity contribution in [2.24, 2.45) is 10.9 Å². The highest BCUT2D eigenvalue weighted by Crippen LogP contribution is 2.29. The molecular formula is C21H27N7O. The van der Waals surface area contributed by atoms with Gasteiger partial charge in [-0.3, -0.25) is 4.40 Å². The standard InChI is InChI=1S/C21H27N7O/c1-22-10-15-4-2-8-26(13-15)21(29)27-9-3-5-16(14-27)20-25-12-17-11-24-19-18(28(17)20)6-7-23-19/h6-7,10-12,15-16,23H,2-5,8-9,13-14H2,1H3/t15-,16+/m0/s1. The van der Waals surface area contributed by atoms with Crippen LogP contribution in [-0.2, 0) is 0 Å². The average molecular weight is 393 g/mol. The number of aromatic amines is 1. The molecule has 0 unspecified atom stereocenters. The summed E-state index contributed by atoms with van der Waals surface area (Å²) in [7, 11) is 1.81. The molecule has 152 valence electrons. The molecule has 8 nitrogen and oxygen atoms in total. The van der Waals surface area contributed by atoms with Crippen molar-refractivity contribution in [2.75, 3.05) is 33.2 Å². The fraction of sp³-hybridized carbons (Fsp3) is 0.524. The Morgan fingerprint density at radius 3 is 2.83 bits per heavy atom. The summed E-state index contributed by atoms with van der Waals surface area (Å²) >= 11 is 0. The highest BCUT2D eigenvalue weighted by molar-refractivity contribution is 5.76. The fourth-order valence-corrected chi connectivity index (χ4v) is 4.87. The number of hydrogen-bond acceptors (Lipinski definition) is 4. The molecule has 8 heteroatoms. The highest BCUT2D eigenvalue weighted by Gasteiger charge is 2.32. The second-order valence-electron chi connectivity index (χ2n) is 8.17. The molecule has 0 spiro atoms. The number of rotatable bonds is 2. The molecule has 2 atom stereocenters. The lowest BCUT2D eigenvalue weighted by molar-refractivity contribution is 0.124. The van der Waals surface area contributed by atoms with Gasteiger partial charge in [-0.15, -0.1) is 0 Å². The normalized spacial score (nSPS) is 23.5. The summed E-state index contributed by atoms with van der Waals surface area (Å²) in [6, 6.07) is 2.20. The molecule has 2 saturated heterocycles. The SMILES string of the molecule is CN=C[C@@H]1CCCN(C(=O)N2CCC[C@@H](c3ncc4cnc5[nH]ccc5n34)C2)C1. The quantitative estimate of drug-likeness (QED) is 0.680. The molecule has 0 aliphatic carbocycles. The molecule has 2 aliphatic heterocycles. The van der Waals surface area contributed by atoms with Crippen molar-refractivity contribution < 1.29 is 4.79 Å². The van der Waals surface area contributed by atoms with E-state index in [2.05, 4.69) is 19.4 Å². The van der Waals surface area contributed by atoms with Crippen LogP contribution in [-0.4, -0.2) is 74.6 Å². The van der Waals surface area contributed by atoms with Gasteiger partial charge in [-0.2, -0.15) is 0 Å². The smallest absolute Gasteiger partial charge is 0.320 e. The summed E-state index contributed by atoms with van der Waals surface area (Å²) in [6.07, 6.45) is 11.8. The lowest BCUT2D eigenvalue weighted by atomic mass is 9.96. The van der Waals surface area contributed by atoms with Gasteiger partial charge in [-0.05, 0) is 31.7 Å². The number of aromatic nitrogens is 4. The first-order valence-corrected chi connectivity index (χ1v) is 10.5. The van der Waals surface area contributed by atoms with E-state index in [1.165, 1.54) is 0 Å². The average Bonchev–Trinajstić information content (AvgIpc) is 3.40. The van der Waals surface area contributed by atoms with Crippen molar-refractivity contribution in [3.8, 4) is 0 Å². The first-order chi connectivity index (χ1) is 14.2. The summed E-state index contributed by atoms with van der Waals surface area (Å²) in [5.41, 5.74) is 2.89. The molecule has 0 radical (unpaired) electrons. The molecule has 0 saturated carbocycles. The van der Waals surface area contributed by atoms with Crippen LogP contribution in [0.15, 0.2) is 29.6 Å². The van der Waals surface area contributed by atoms with Crippen LogP contribution in [0, 0.1) is 5.92 Å². The predicted octanol–water partition coefficient (Wildman–Crippen LogP) is 2.92. The Hall–Kier alpha value is -2.90. The molecule has 3 aromatic rings. The van der Waals surface area contributed by atoms with Crippen LogP contribution in [0.4, 0.5) is 4.79 Å². The van der Waals surface area contributed by atoms with Crippen LogP contribution < -0.4 is 0 Å². The molecule has 3 aromatic heterocycles. The van der Waals surface area contributed by atoms with Gasteiger partial charge >= 0.3 is 6.03 Å². The fourth-order valence-electron chi connectivity index (χ4n) is 4.87. The largest absolute Gasteiger partial charge is 0.345 e. The van der Waals surface area contributed by atoms with Crippen LogP contribution in [0.5, 0.6) is 0 Å². The van der Waals surface area contributed by atoms with Crippen molar-refractivity contribution in [3.63, 3.8) is 0 Å². The Balaban J connectivity index is 1.38. The minimum Gasteiger partial charge on any atom is -0.345 e. The number of urea groups is 1. The van der Waals surface area contributed by atoms with E-state index in [9.17, 15) is 4.79 Å². The van der Waals surface area contributed by atoms with Gasteiger partial charge in [0.2, 0.25) is 0 Å². The zero-order valence-electron chi connectivity index (χ0n) is 16.8. The van der Waals surface area contributed by atoms with Gasteiger partial charge in [-0.25, -0.2) is 14.8 Å². The molecule has 2 amide bonds. The number of nitrogens with one attached hydrogen (secondary N) is 1. The molecule has 1 N–H and O–H groups in total. The zero-order valence-corrected chi connectivity index (χ0v) is 16.8. The molecule has 2 aliphatic rings. The van der Waals surface area contributed by atoms with Crippen molar-refractivity contribution in [1.82, 2.24) is 29.2 Å². The van der Waals surface area contributed by atoms with E-state index in [0.717, 1.165) is 74.4 Å². The maximum absolute atomic E-state index is 13.2. The van der Waals surface area contributed by atoms with Gasteiger partial charge in [0.15, 0.2) is 5.65 Å². The lowest BCUT2D eigenvalue weighted by Crippen LogP contribution is -2.50. The number of amides is 2. The monoisotopic (exact) mass is 393 g/mol. The van der Waals surface area contributed by atoms with Gasteiger partial charge in [0, 0.05) is 57.5 Å². The van der Waals surface area contributed by atoms with E-state index in [4.69, 9.17) is 4.98 Å². The summed E-state index contributed by atoms with van der Waals surface area (Å²) in [5, 5.41) is 0. The summed E-state index contributed by atoms with van der Waals surface area (Å²) in [4.78, 5) is 33.8. The number of imidazole rings is 1. The van der Waals surface area contributed by atoms with Crippen molar-refractivity contribution in [2.45, 2.75) is 31.6 Å².